The van der Waals surface area contributed by atoms with E-state index in [-0.39, 0.29) is 13.0 Å². The molecule has 0 radical (unpaired) electrons. The molecule has 0 saturated carbocycles. The standard InChI is InChI=1S/C22H19BrF2N4O.3C2HF3O2/c1-12-18-5-13(2-3-22(18)29-28-12)14-4-17(10-27-9-14)30-11-16(26)8-19-20(23)6-15(24)7-21(19)25;3*3-2(4,5)1(6)7/h2-7,9-10,16H,8,11,26H2,1H3,(H,28,29);3*(H,6,7)/t16-;;;/m0.../s1. The number of H-pyrrole nitrogens is 1. The summed E-state index contributed by atoms with van der Waals surface area (Å²) in [4.78, 5) is 30.9. The predicted molar refractivity (Wildman–Crippen MR) is 156 cm³/mol. The fourth-order valence-electron chi connectivity index (χ4n) is 3.26. The van der Waals surface area contributed by atoms with Gasteiger partial charge in [-0.1, -0.05) is 22.0 Å². The molecule has 0 amide bonds. The van der Waals surface area contributed by atoms with E-state index in [1.54, 1.807) is 12.4 Å². The maximum atomic E-state index is 14.0. The Morgan fingerprint density at radius 2 is 1.35 bits per heavy atom. The number of rotatable bonds is 6. The Morgan fingerprint density at radius 3 is 1.82 bits per heavy atom. The second kappa shape index (κ2) is 18.3. The van der Waals surface area contributed by atoms with Crippen LogP contribution in [0.5, 0.6) is 5.75 Å². The van der Waals surface area contributed by atoms with Gasteiger partial charge in [-0.3, -0.25) is 10.1 Å². The Kier molecular flexibility index (Phi) is 15.7. The summed E-state index contributed by atoms with van der Waals surface area (Å²) >= 11 is 3.18. The van der Waals surface area contributed by atoms with Gasteiger partial charge in [0, 0.05) is 45.0 Å². The number of pyridine rings is 1. The molecule has 51 heavy (non-hydrogen) atoms. The molecular formula is C28H22BrF11N4O7. The lowest BCUT2D eigenvalue weighted by molar-refractivity contribution is -0.193. The first-order chi connectivity index (χ1) is 23.2. The van der Waals surface area contributed by atoms with Crippen LogP contribution < -0.4 is 10.5 Å². The molecule has 4 rings (SSSR count). The van der Waals surface area contributed by atoms with Crippen LogP contribution in [0.15, 0.2) is 53.3 Å². The van der Waals surface area contributed by atoms with Gasteiger partial charge in [0.15, 0.2) is 0 Å². The van der Waals surface area contributed by atoms with Crippen molar-refractivity contribution >= 4 is 44.7 Å². The fourth-order valence-corrected chi connectivity index (χ4v) is 3.83. The highest BCUT2D eigenvalue weighted by molar-refractivity contribution is 9.10. The van der Waals surface area contributed by atoms with Crippen molar-refractivity contribution < 1.29 is 82.7 Å². The van der Waals surface area contributed by atoms with Crippen LogP contribution >= 0.6 is 15.9 Å². The number of nitrogens with two attached hydrogens (primary N) is 1. The summed E-state index contributed by atoms with van der Waals surface area (Å²) in [6.07, 6.45) is -11.7. The van der Waals surface area contributed by atoms with Gasteiger partial charge >= 0.3 is 36.4 Å². The van der Waals surface area contributed by atoms with Gasteiger partial charge in [0.05, 0.1) is 11.7 Å². The monoisotopic (exact) mass is 814 g/mol. The molecule has 280 valence electrons. The number of carbonyl (C=O) groups is 3. The number of halogens is 12. The van der Waals surface area contributed by atoms with Crippen molar-refractivity contribution in [3.8, 4) is 16.9 Å². The zero-order valence-electron chi connectivity index (χ0n) is 25.1. The number of carboxylic acid groups (broad SMARTS) is 3. The summed E-state index contributed by atoms with van der Waals surface area (Å²) in [7, 11) is 0. The fraction of sp³-hybridized carbons (Fsp3) is 0.250. The van der Waals surface area contributed by atoms with E-state index in [0.717, 1.165) is 33.8 Å². The van der Waals surface area contributed by atoms with E-state index >= 15 is 0 Å². The second-order valence-electron chi connectivity index (χ2n) is 9.52. The number of nitrogens with one attached hydrogen (secondary N) is 1. The number of aliphatic carboxylic acids is 3. The Labute approximate surface area is 286 Å². The van der Waals surface area contributed by atoms with Gasteiger partial charge in [-0.15, -0.1) is 0 Å². The minimum Gasteiger partial charge on any atom is -0.490 e. The minimum absolute atomic E-state index is 0.161. The molecule has 1 atom stereocenters. The van der Waals surface area contributed by atoms with Crippen molar-refractivity contribution in [2.45, 2.75) is 37.9 Å². The number of aryl methyl sites for hydroxylation is 1. The van der Waals surface area contributed by atoms with Crippen molar-refractivity contribution in [1.29, 1.82) is 0 Å². The van der Waals surface area contributed by atoms with Crippen molar-refractivity contribution in [1.82, 2.24) is 15.2 Å². The number of fused-ring (bicyclic) bond motifs is 1. The van der Waals surface area contributed by atoms with Crippen molar-refractivity contribution in [3.63, 3.8) is 0 Å². The van der Waals surface area contributed by atoms with Crippen molar-refractivity contribution in [2.75, 3.05) is 6.61 Å². The number of aromatic nitrogens is 3. The summed E-state index contributed by atoms with van der Waals surface area (Å²) in [6, 6.07) is 9.45. The molecule has 11 nitrogen and oxygen atoms in total. The zero-order valence-corrected chi connectivity index (χ0v) is 26.7. The van der Waals surface area contributed by atoms with E-state index in [0.29, 0.717) is 15.8 Å². The van der Waals surface area contributed by atoms with E-state index in [2.05, 4.69) is 37.2 Å². The molecule has 4 aromatic rings. The molecule has 23 heteroatoms. The van der Waals surface area contributed by atoms with Gasteiger partial charge < -0.3 is 25.8 Å². The predicted octanol–water partition coefficient (Wildman–Crippen LogP) is 6.82. The lowest BCUT2D eigenvalue weighted by Crippen LogP contribution is -2.30. The van der Waals surface area contributed by atoms with Gasteiger partial charge in [0.1, 0.15) is 24.0 Å². The maximum Gasteiger partial charge on any atom is 0.490 e. The first-order valence-electron chi connectivity index (χ1n) is 13.1. The molecule has 0 aliphatic rings. The summed E-state index contributed by atoms with van der Waals surface area (Å²) in [5, 5.41) is 29.6. The maximum absolute atomic E-state index is 14.0. The van der Waals surface area contributed by atoms with Crippen LogP contribution in [0.3, 0.4) is 0 Å². The van der Waals surface area contributed by atoms with Crippen molar-refractivity contribution in [2.24, 2.45) is 5.73 Å². The minimum atomic E-state index is -5.08. The lowest BCUT2D eigenvalue weighted by atomic mass is 10.0. The zero-order chi connectivity index (χ0) is 39.5. The second-order valence-corrected chi connectivity index (χ2v) is 10.4. The number of alkyl halides is 9. The van der Waals surface area contributed by atoms with Crippen LogP contribution in [0.25, 0.3) is 22.0 Å². The Bertz CT molecular complexity index is 1730. The van der Waals surface area contributed by atoms with E-state index in [1.807, 2.05) is 25.1 Å². The highest BCUT2D eigenvalue weighted by Gasteiger charge is 2.39. The molecule has 2 heterocycles. The third kappa shape index (κ3) is 15.2. The molecule has 0 fully saturated rings. The molecule has 0 aliphatic carbocycles. The Morgan fingerprint density at radius 1 is 0.843 bits per heavy atom. The molecule has 0 spiro atoms. The number of nitrogens with zero attached hydrogens (tertiary/aromatic N) is 2. The van der Waals surface area contributed by atoms with Gasteiger partial charge in [-0.05, 0) is 43.2 Å². The number of hydrogen-bond donors (Lipinski definition) is 5. The van der Waals surface area contributed by atoms with E-state index in [1.165, 1.54) is 6.07 Å². The van der Waals surface area contributed by atoms with Crippen LogP contribution in [0.4, 0.5) is 48.3 Å². The molecule has 0 bridgehead atoms. The van der Waals surface area contributed by atoms with Gasteiger partial charge in [-0.2, -0.15) is 44.6 Å². The lowest BCUT2D eigenvalue weighted by Gasteiger charge is -2.15. The normalized spacial score (nSPS) is 11.9. The molecule has 0 aliphatic heterocycles. The van der Waals surface area contributed by atoms with Crippen LogP contribution in [0.2, 0.25) is 0 Å². The van der Waals surface area contributed by atoms with Crippen LogP contribution in [-0.4, -0.2) is 79.6 Å². The number of aromatic amines is 1. The average Bonchev–Trinajstić information content (AvgIpc) is 3.37. The molecule has 0 saturated heterocycles. The number of carboxylic acids is 3. The van der Waals surface area contributed by atoms with Crippen LogP contribution in [0.1, 0.15) is 11.3 Å². The highest BCUT2D eigenvalue weighted by Crippen LogP contribution is 2.27. The molecule has 2 aromatic carbocycles. The Hall–Kier alpha value is -5.06. The third-order valence-corrected chi connectivity index (χ3v) is 6.26. The molecule has 2 aromatic heterocycles. The third-order valence-electron chi connectivity index (χ3n) is 5.55. The first-order valence-corrected chi connectivity index (χ1v) is 13.9. The van der Waals surface area contributed by atoms with E-state index < -0.39 is 54.1 Å². The molecule has 0 unspecified atom stereocenters. The van der Waals surface area contributed by atoms with Crippen molar-refractivity contribution in [3.05, 3.63) is 76.2 Å². The average molecular weight is 815 g/mol. The van der Waals surface area contributed by atoms with E-state index in [9.17, 15) is 48.3 Å². The van der Waals surface area contributed by atoms with Gasteiger partial charge in [0.25, 0.3) is 0 Å². The topological polar surface area (TPSA) is 189 Å². The van der Waals surface area contributed by atoms with Crippen LogP contribution in [0, 0.1) is 18.6 Å². The summed E-state index contributed by atoms with van der Waals surface area (Å²) in [6.45, 7) is 2.13. The summed E-state index contributed by atoms with van der Waals surface area (Å²) in [5.41, 5.74) is 10.2. The highest BCUT2D eigenvalue weighted by atomic mass is 79.9. The smallest absolute Gasteiger partial charge is 0.490 e. The first kappa shape index (κ1) is 44.0. The number of hydrogen-bond acceptors (Lipinski definition) is 7. The summed E-state index contributed by atoms with van der Waals surface area (Å²) < 4.78 is 129. The largest absolute Gasteiger partial charge is 0.490 e. The Balaban J connectivity index is 0.000000505. The quantitative estimate of drug-likeness (QED) is 0.129. The van der Waals surface area contributed by atoms with Crippen LogP contribution in [-0.2, 0) is 20.8 Å². The van der Waals surface area contributed by atoms with E-state index in [4.69, 9.17) is 40.2 Å². The SMILES string of the molecule is Cc1[nH]nc2ccc(-c3cncc(OC[C@@H](N)Cc4c(F)cc(F)cc4Br)c3)cc12.O=C(O)C(F)(F)F.O=C(O)C(F)(F)F.O=C(O)C(F)(F)F. The molecule has 6 N–H and O–H groups in total. The summed E-state index contributed by atoms with van der Waals surface area (Å²) in [5.74, 6) is -8.98. The number of ether oxygens (including phenoxy) is 1. The van der Waals surface area contributed by atoms with Gasteiger partial charge in [0.2, 0.25) is 0 Å². The number of benzene rings is 2. The van der Waals surface area contributed by atoms with Gasteiger partial charge in [-0.25, -0.2) is 23.2 Å². The molecular weight excluding hydrogens is 793 g/mol.